The zero-order valence-corrected chi connectivity index (χ0v) is 14.3. The molecule has 0 unspecified atom stereocenters. The summed E-state index contributed by atoms with van der Waals surface area (Å²) in [5.41, 5.74) is 1.73. The second kappa shape index (κ2) is 7.60. The lowest BCUT2D eigenvalue weighted by atomic mass is 9.76. The molecule has 0 bridgehead atoms. The molecule has 2 aromatic rings. The molecule has 138 valence electrons. The van der Waals surface area contributed by atoms with Crippen LogP contribution in [0.3, 0.4) is 0 Å². The molecule has 0 aromatic heterocycles. The molecule has 0 spiro atoms. The fraction of sp³-hybridized carbons (Fsp3) is 0.333. The molecule has 0 saturated heterocycles. The third kappa shape index (κ3) is 3.81. The van der Waals surface area contributed by atoms with Crippen molar-refractivity contribution in [1.82, 2.24) is 0 Å². The van der Waals surface area contributed by atoms with E-state index in [9.17, 15) is 22.0 Å². The highest BCUT2D eigenvalue weighted by atomic mass is 19.2. The molecule has 0 nitrogen and oxygen atoms in total. The third-order valence-electron chi connectivity index (χ3n) is 5.14. The monoisotopic (exact) mass is 366 g/mol. The molecule has 1 fully saturated rings. The Morgan fingerprint density at radius 1 is 0.769 bits per heavy atom. The Morgan fingerprint density at radius 3 is 1.69 bits per heavy atom. The van der Waals surface area contributed by atoms with Crippen molar-refractivity contribution >= 4 is 5.83 Å². The molecule has 1 aliphatic carbocycles. The van der Waals surface area contributed by atoms with Crippen molar-refractivity contribution in [2.45, 2.75) is 44.4 Å². The van der Waals surface area contributed by atoms with E-state index in [1.54, 1.807) is 24.3 Å². The zero-order valence-electron chi connectivity index (χ0n) is 14.3. The van der Waals surface area contributed by atoms with Gasteiger partial charge in [-0.1, -0.05) is 24.3 Å². The van der Waals surface area contributed by atoms with Crippen molar-refractivity contribution in [1.29, 1.82) is 0 Å². The Bertz CT molecular complexity index is 788. The minimum atomic E-state index is -1.44. The number of allylic oxidation sites excluding steroid dienone is 1. The molecule has 3 rings (SSSR count). The molecule has 0 aliphatic heterocycles. The molecule has 2 aromatic carbocycles. The number of hydrogen-bond donors (Lipinski definition) is 0. The maximum atomic E-state index is 13.6. The first-order chi connectivity index (χ1) is 12.4. The van der Waals surface area contributed by atoms with E-state index >= 15 is 0 Å². The van der Waals surface area contributed by atoms with Crippen LogP contribution >= 0.6 is 0 Å². The first-order valence-corrected chi connectivity index (χ1v) is 8.63. The Kier molecular flexibility index (Phi) is 5.44. The fourth-order valence-electron chi connectivity index (χ4n) is 3.67. The van der Waals surface area contributed by atoms with Gasteiger partial charge in [0.2, 0.25) is 0 Å². The highest BCUT2D eigenvalue weighted by Crippen LogP contribution is 2.41. The van der Waals surface area contributed by atoms with Crippen LogP contribution in [0.2, 0.25) is 0 Å². The normalized spacial score (nSPS) is 21.5. The fourth-order valence-corrected chi connectivity index (χ4v) is 3.67. The van der Waals surface area contributed by atoms with Gasteiger partial charge in [-0.05, 0) is 67.7 Å². The van der Waals surface area contributed by atoms with Crippen LogP contribution in [0.25, 0.3) is 5.83 Å². The lowest BCUT2D eigenvalue weighted by Crippen LogP contribution is -2.13. The molecule has 0 amide bonds. The highest BCUT2D eigenvalue weighted by Gasteiger charge is 2.25. The average Bonchev–Trinajstić information content (AvgIpc) is 2.65. The molecule has 0 N–H and O–H groups in total. The van der Waals surface area contributed by atoms with E-state index in [0.29, 0.717) is 5.56 Å². The van der Waals surface area contributed by atoms with Crippen LogP contribution in [-0.2, 0) is 0 Å². The molecule has 5 heteroatoms. The predicted molar refractivity (Wildman–Crippen MR) is 91.5 cm³/mol. The van der Waals surface area contributed by atoms with Crippen molar-refractivity contribution in [3.05, 3.63) is 76.4 Å². The number of benzene rings is 2. The molecular formula is C21H19F5. The summed E-state index contributed by atoms with van der Waals surface area (Å²) >= 11 is 0. The van der Waals surface area contributed by atoms with E-state index in [-0.39, 0.29) is 17.4 Å². The summed E-state index contributed by atoms with van der Waals surface area (Å²) in [6.07, 6.45) is 3.08. The number of hydrogen-bond acceptors (Lipinski definition) is 0. The Labute approximate surface area is 149 Å². The van der Waals surface area contributed by atoms with Gasteiger partial charge in [-0.25, -0.2) is 22.0 Å². The maximum absolute atomic E-state index is 13.6. The smallest absolute Gasteiger partial charge is 0.194 e. The van der Waals surface area contributed by atoms with E-state index in [1.807, 2.05) is 0 Å². The number of halogens is 5. The van der Waals surface area contributed by atoms with Crippen LogP contribution < -0.4 is 0 Å². The Balaban J connectivity index is 1.68. The molecule has 26 heavy (non-hydrogen) atoms. The van der Waals surface area contributed by atoms with Gasteiger partial charge in [0.25, 0.3) is 0 Å². The SMILES string of the molecule is CC(F)=C(F)c1ccc(C2CCC(c3cc(F)c(F)c(F)c3)CC2)cc1. The van der Waals surface area contributed by atoms with Gasteiger partial charge in [0.1, 0.15) is 5.83 Å². The quantitative estimate of drug-likeness (QED) is 0.399. The topological polar surface area (TPSA) is 0 Å². The summed E-state index contributed by atoms with van der Waals surface area (Å²) in [5, 5.41) is 0. The second-order valence-corrected chi connectivity index (χ2v) is 6.82. The lowest BCUT2D eigenvalue weighted by Gasteiger charge is -2.29. The molecule has 1 saturated carbocycles. The number of rotatable bonds is 3. The van der Waals surface area contributed by atoms with Crippen LogP contribution in [0, 0.1) is 17.5 Å². The largest absolute Gasteiger partial charge is 0.209 e. The van der Waals surface area contributed by atoms with E-state index in [1.165, 1.54) is 0 Å². The van der Waals surface area contributed by atoms with E-state index in [0.717, 1.165) is 50.3 Å². The van der Waals surface area contributed by atoms with E-state index < -0.39 is 29.1 Å². The lowest BCUT2D eigenvalue weighted by molar-refractivity contribution is 0.389. The van der Waals surface area contributed by atoms with Crippen LogP contribution in [0.4, 0.5) is 22.0 Å². The first kappa shape index (κ1) is 18.6. The molecule has 0 heterocycles. The van der Waals surface area contributed by atoms with Crippen molar-refractivity contribution < 1.29 is 22.0 Å². The predicted octanol–water partition coefficient (Wildman–Crippen LogP) is 7.17. The maximum Gasteiger partial charge on any atom is 0.194 e. The molecule has 0 atom stereocenters. The van der Waals surface area contributed by atoms with Gasteiger partial charge < -0.3 is 0 Å². The summed E-state index contributed by atoms with van der Waals surface area (Å²) in [4.78, 5) is 0. The van der Waals surface area contributed by atoms with Crippen LogP contribution in [0.15, 0.2) is 42.2 Å². The van der Waals surface area contributed by atoms with Crippen LogP contribution in [-0.4, -0.2) is 0 Å². The van der Waals surface area contributed by atoms with Gasteiger partial charge in [-0.3, -0.25) is 0 Å². The summed E-state index contributed by atoms with van der Waals surface area (Å²) in [6, 6.07) is 8.86. The summed E-state index contributed by atoms with van der Waals surface area (Å²) < 4.78 is 66.5. The molecule has 0 radical (unpaired) electrons. The Hall–Kier alpha value is -2.17. The van der Waals surface area contributed by atoms with Crippen molar-refractivity contribution in [3.63, 3.8) is 0 Å². The van der Waals surface area contributed by atoms with Crippen LogP contribution in [0.1, 0.15) is 61.1 Å². The van der Waals surface area contributed by atoms with Gasteiger partial charge in [0.15, 0.2) is 23.3 Å². The highest BCUT2D eigenvalue weighted by molar-refractivity contribution is 5.60. The summed E-state index contributed by atoms with van der Waals surface area (Å²) in [6.45, 7) is 1.08. The Morgan fingerprint density at radius 2 is 1.23 bits per heavy atom. The van der Waals surface area contributed by atoms with Crippen LogP contribution in [0.5, 0.6) is 0 Å². The van der Waals surface area contributed by atoms with E-state index in [2.05, 4.69) is 0 Å². The molecular weight excluding hydrogens is 347 g/mol. The van der Waals surface area contributed by atoms with Gasteiger partial charge in [-0.2, -0.15) is 0 Å². The van der Waals surface area contributed by atoms with Gasteiger partial charge in [-0.15, -0.1) is 0 Å². The van der Waals surface area contributed by atoms with Crippen molar-refractivity contribution in [3.8, 4) is 0 Å². The van der Waals surface area contributed by atoms with E-state index in [4.69, 9.17) is 0 Å². The van der Waals surface area contributed by atoms with Gasteiger partial charge >= 0.3 is 0 Å². The minimum absolute atomic E-state index is 0.00955. The molecule has 1 aliphatic rings. The standard InChI is InChI=1S/C21H19F5/c1-12(22)20(25)16-8-6-14(7-9-16)13-2-4-15(5-3-13)17-10-18(23)21(26)19(24)11-17/h6-11,13,15H,2-5H2,1H3. The van der Waals surface area contributed by atoms with Gasteiger partial charge in [0, 0.05) is 5.56 Å². The summed E-state index contributed by atoms with van der Waals surface area (Å²) in [7, 11) is 0. The van der Waals surface area contributed by atoms with Crippen molar-refractivity contribution in [2.75, 3.05) is 0 Å². The minimum Gasteiger partial charge on any atom is -0.209 e. The average molecular weight is 366 g/mol. The zero-order chi connectivity index (χ0) is 18.8. The van der Waals surface area contributed by atoms with Crippen molar-refractivity contribution in [2.24, 2.45) is 0 Å². The van der Waals surface area contributed by atoms with Gasteiger partial charge in [0.05, 0.1) is 0 Å². The summed E-state index contributed by atoms with van der Waals surface area (Å²) in [5.74, 6) is -5.21. The second-order valence-electron chi connectivity index (χ2n) is 6.82. The first-order valence-electron chi connectivity index (χ1n) is 8.63. The third-order valence-corrected chi connectivity index (χ3v) is 5.14.